The fraction of sp³-hybridized carbons (Fsp3) is 0.353. The molecular weight excluding hydrogens is 335 g/mol. The van der Waals surface area contributed by atoms with Crippen LogP contribution in [-0.2, 0) is 12.7 Å². The van der Waals surface area contributed by atoms with Gasteiger partial charge in [-0.05, 0) is 43.2 Å². The maximum absolute atomic E-state index is 13.1. The minimum absolute atomic E-state index is 0.00704. The Morgan fingerprint density at radius 1 is 1.28 bits per heavy atom. The minimum atomic E-state index is -4.71. The largest absolute Gasteiger partial charge is 0.492 e. The second-order valence-electron chi connectivity index (χ2n) is 5.77. The maximum atomic E-state index is 13.1. The summed E-state index contributed by atoms with van der Waals surface area (Å²) in [6, 6.07) is 9.12. The second kappa shape index (κ2) is 6.59. The van der Waals surface area contributed by atoms with Gasteiger partial charge in [0.05, 0.1) is 23.9 Å². The van der Waals surface area contributed by atoms with Crippen LogP contribution in [0.4, 0.5) is 13.2 Å². The Balaban J connectivity index is 1.76. The highest BCUT2D eigenvalue weighted by Crippen LogP contribution is 2.40. The average Bonchev–Trinajstić information content (AvgIpc) is 3.41. The highest BCUT2D eigenvalue weighted by Gasteiger charge is 2.37. The number of rotatable bonds is 5. The highest BCUT2D eigenvalue weighted by atomic mass is 19.4. The highest BCUT2D eigenvalue weighted by molar-refractivity contribution is 5.34. The molecule has 8 heteroatoms. The van der Waals surface area contributed by atoms with Crippen LogP contribution in [-0.4, -0.2) is 16.4 Å². The predicted octanol–water partition coefficient (Wildman–Crippen LogP) is 3.09. The van der Waals surface area contributed by atoms with Crippen LogP contribution in [0.3, 0.4) is 0 Å². The van der Waals surface area contributed by atoms with E-state index >= 15 is 0 Å². The third-order valence-corrected chi connectivity index (χ3v) is 3.85. The number of hydrogen-bond donors (Lipinski definition) is 0. The molecule has 0 N–H and O–H groups in total. The van der Waals surface area contributed by atoms with Gasteiger partial charge in [0.25, 0.3) is 5.56 Å². The summed E-state index contributed by atoms with van der Waals surface area (Å²) in [6.45, 7) is -0.104. The summed E-state index contributed by atoms with van der Waals surface area (Å²) in [4.78, 5) is 12.0. The third-order valence-electron chi connectivity index (χ3n) is 3.85. The van der Waals surface area contributed by atoms with Crippen molar-refractivity contribution in [1.82, 2.24) is 9.78 Å². The van der Waals surface area contributed by atoms with Gasteiger partial charge in [-0.1, -0.05) is 0 Å². The van der Waals surface area contributed by atoms with Crippen molar-refractivity contribution in [2.24, 2.45) is 0 Å². The van der Waals surface area contributed by atoms with Gasteiger partial charge in [-0.3, -0.25) is 4.79 Å². The number of nitriles is 1. The summed E-state index contributed by atoms with van der Waals surface area (Å²) in [6.07, 6.45) is -3.14. The summed E-state index contributed by atoms with van der Waals surface area (Å²) in [5.74, 6) is 0.453. The summed E-state index contributed by atoms with van der Waals surface area (Å²) in [5.41, 5.74) is -1.59. The molecule has 1 aliphatic rings. The Hall–Kier alpha value is -2.82. The van der Waals surface area contributed by atoms with Crippen LogP contribution in [0.5, 0.6) is 5.75 Å². The topological polar surface area (TPSA) is 67.9 Å². The maximum Gasteiger partial charge on any atom is 0.421 e. The fourth-order valence-corrected chi connectivity index (χ4v) is 2.37. The summed E-state index contributed by atoms with van der Waals surface area (Å²) >= 11 is 0. The SMILES string of the molecule is N#Cc1ccc(OCCn2nc(C3CC3)cc(C(F)(F)F)c2=O)cc1. The molecule has 0 radical (unpaired) electrons. The number of benzene rings is 1. The number of alkyl halides is 3. The average molecular weight is 349 g/mol. The zero-order chi connectivity index (χ0) is 18.0. The van der Waals surface area contributed by atoms with Crippen molar-refractivity contribution in [3.05, 3.63) is 57.5 Å². The van der Waals surface area contributed by atoms with Crippen LogP contribution in [0, 0.1) is 11.3 Å². The Kier molecular flexibility index (Phi) is 4.49. The lowest BCUT2D eigenvalue weighted by Crippen LogP contribution is -2.33. The van der Waals surface area contributed by atoms with E-state index in [9.17, 15) is 18.0 Å². The molecule has 3 rings (SSSR count). The number of nitrogens with zero attached hydrogens (tertiary/aromatic N) is 3. The number of aromatic nitrogens is 2. The molecule has 0 atom stereocenters. The quantitative estimate of drug-likeness (QED) is 0.832. The zero-order valence-electron chi connectivity index (χ0n) is 13.1. The van der Waals surface area contributed by atoms with E-state index in [1.54, 1.807) is 24.3 Å². The van der Waals surface area contributed by atoms with Gasteiger partial charge in [0.2, 0.25) is 0 Å². The fourth-order valence-electron chi connectivity index (χ4n) is 2.37. The molecule has 1 aliphatic carbocycles. The molecule has 0 bridgehead atoms. The van der Waals surface area contributed by atoms with Crippen LogP contribution >= 0.6 is 0 Å². The van der Waals surface area contributed by atoms with E-state index in [4.69, 9.17) is 10.00 Å². The van der Waals surface area contributed by atoms with Gasteiger partial charge in [-0.2, -0.15) is 23.5 Å². The standard InChI is InChI=1S/C17H14F3N3O2/c18-17(19,20)14-9-15(12-3-4-12)22-23(16(14)24)7-8-25-13-5-1-11(10-21)2-6-13/h1-2,5-6,9,12H,3-4,7-8H2. The zero-order valence-corrected chi connectivity index (χ0v) is 13.1. The number of halogens is 3. The minimum Gasteiger partial charge on any atom is -0.492 e. The van der Waals surface area contributed by atoms with E-state index < -0.39 is 17.3 Å². The second-order valence-corrected chi connectivity index (χ2v) is 5.77. The molecule has 0 spiro atoms. The molecule has 1 fully saturated rings. The van der Waals surface area contributed by atoms with Gasteiger partial charge in [0.15, 0.2) is 0 Å². The summed E-state index contributed by atoms with van der Waals surface area (Å²) < 4.78 is 45.4. The van der Waals surface area contributed by atoms with Crippen LogP contribution in [0.2, 0.25) is 0 Å². The smallest absolute Gasteiger partial charge is 0.421 e. The van der Waals surface area contributed by atoms with E-state index in [2.05, 4.69) is 5.10 Å². The van der Waals surface area contributed by atoms with E-state index in [1.165, 1.54) is 0 Å². The molecule has 1 aromatic carbocycles. The van der Waals surface area contributed by atoms with Crippen molar-refractivity contribution in [3.63, 3.8) is 0 Å². The number of hydrogen-bond acceptors (Lipinski definition) is 4. The molecule has 0 aliphatic heterocycles. The molecule has 0 saturated heterocycles. The lowest BCUT2D eigenvalue weighted by Gasteiger charge is -2.13. The van der Waals surface area contributed by atoms with Gasteiger partial charge in [-0.25, -0.2) is 4.68 Å². The van der Waals surface area contributed by atoms with Crippen LogP contribution in [0.25, 0.3) is 0 Å². The van der Waals surface area contributed by atoms with Gasteiger partial charge in [0.1, 0.15) is 17.9 Å². The van der Waals surface area contributed by atoms with E-state index in [0.29, 0.717) is 17.0 Å². The lowest BCUT2D eigenvalue weighted by molar-refractivity contribution is -0.139. The molecular formula is C17H14F3N3O2. The Bertz CT molecular complexity index is 863. The first-order chi connectivity index (χ1) is 11.9. The number of ether oxygens (including phenoxy) is 1. The van der Waals surface area contributed by atoms with Crippen LogP contribution in [0.1, 0.15) is 35.6 Å². The van der Waals surface area contributed by atoms with Crippen molar-refractivity contribution < 1.29 is 17.9 Å². The van der Waals surface area contributed by atoms with E-state index in [0.717, 1.165) is 23.6 Å². The van der Waals surface area contributed by atoms with Crippen molar-refractivity contribution >= 4 is 0 Å². The lowest BCUT2D eigenvalue weighted by atomic mass is 10.2. The van der Waals surface area contributed by atoms with Crippen molar-refractivity contribution in [1.29, 1.82) is 5.26 Å². The van der Waals surface area contributed by atoms with Crippen LogP contribution in [0.15, 0.2) is 35.1 Å². The van der Waals surface area contributed by atoms with E-state index in [-0.39, 0.29) is 19.1 Å². The Labute approximate surface area is 141 Å². The molecule has 1 aromatic heterocycles. The third kappa shape index (κ3) is 3.99. The van der Waals surface area contributed by atoms with Crippen molar-refractivity contribution in [2.75, 3.05) is 6.61 Å². The Morgan fingerprint density at radius 2 is 1.96 bits per heavy atom. The summed E-state index contributed by atoms with van der Waals surface area (Å²) in [5, 5.41) is 12.8. The van der Waals surface area contributed by atoms with Gasteiger partial charge in [0, 0.05) is 5.92 Å². The predicted molar refractivity (Wildman–Crippen MR) is 82.1 cm³/mol. The first-order valence-corrected chi connectivity index (χ1v) is 7.70. The van der Waals surface area contributed by atoms with Crippen molar-refractivity contribution in [3.8, 4) is 11.8 Å². The molecule has 1 heterocycles. The van der Waals surface area contributed by atoms with Crippen LogP contribution < -0.4 is 10.3 Å². The first kappa shape index (κ1) is 17.0. The molecule has 1 saturated carbocycles. The molecule has 0 amide bonds. The normalized spacial score (nSPS) is 14.2. The van der Waals surface area contributed by atoms with E-state index in [1.807, 2.05) is 6.07 Å². The molecule has 2 aromatic rings. The Morgan fingerprint density at radius 3 is 2.52 bits per heavy atom. The van der Waals surface area contributed by atoms with Gasteiger partial charge >= 0.3 is 6.18 Å². The van der Waals surface area contributed by atoms with Gasteiger partial charge < -0.3 is 4.74 Å². The monoisotopic (exact) mass is 349 g/mol. The van der Waals surface area contributed by atoms with Crippen molar-refractivity contribution in [2.45, 2.75) is 31.5 Å². The van der Waals surface area contributed by atoms with Gasteiger partial charge in [-0.15, -0.1) is 0 Å². The molecule has 130 valence electrons. The first-order valence-electron chi connectivity index (χ1n) is 7.70. The molecule has 5 nitrogen and oxygen atoms in total. The molecule has 0 unspecified atom stereocenters. The molecule has 25 heavy (non-hydrogen) atoms. The summed E-state index contributed by atoms with van der Waals surface area (Å²) in [7, 11) is 0.